The molecule has 2 aromatic rings. The molecule has 0 amide bonds. The van der Waals surface area contributed by atoms with E-state index in [1.54, 1.807) is 20.3 Å². The SMILES string of the molecule is COc1ccc(OC)c(C(CNCC(=O)c2ccc(OC)c(F)c2)N2CCCCC2)c1. The van der Waals surface area contributed by atoms with Crippen LogP contribution in [0, 0.1) is 5.82 Å². The molecule has 0 saturated carbocycles. The maximum absolute atomic E-state index is 14.0. The molecule has 1 aliphatic rings. The molecule has 1 N–H and O–H groups in total. The van der Waals surface area contributed by atoms with Crippen LogP contribution in [0.2, 0.25) is 0 Å². The van der Waals surface area contributed by atoms with Gasteiger partial charge >= 0.3 is 0 Å². The minimum atomic E-state index is -0.541. The first-order valence-corrected chi connectivity index (χ1v) is 10.6. The van der Waals surface area contributed by atoms with Gasteiger partial charge in [0.2, 0.25) is 0 Å². The number of nitrogens with zero attached hydrogens (tertiary/aromatic N) is 1. The fourth-order valence-corrected chi connectivity index (χ4v) is 4.03. The van der Waals surface area contributed by atoms with E-state index in [1.807, 2.05) is 18.2 Å². The number of hydrogen-bond acceptors (Lipinski definition) is 6. The van der Waals surface area contributed by atoms with Crippen molar-refractivity contribution in [1.29, 1.82) is 0 Å². The third kappa shape index (κ3) is 5.74. The third-order valence-corrected chi connectivity index (χ3v) is 5.72. The second-order valence-electron chi connectivity index (χ2n) is 7.62. The lowest BCUT2D eigenvalue weighted by molar-refractivity contribution is 0.0983. The van der Waals surface area contributed by atoms with Crippen molar-refractivity contribution in [3.63, 3.8) is 0 Å². The molecule has 0 aliphatic carbocycles. The van der Waals surface area contributed by atoms with E-state index in [0.29, 0.717) is 12.1 Å². The van der Waals surface area contributed by atoms with E-state index in [4.69, 9.17) is 14.2 Å². The number of halogens is 1. The van der Waals surface area contributed by atoms with Crippen LogP contribution in [-0.4, -0.2) is 58.2 Å². The highest BCUT2D eigenvalue weighted by Gasteiger charge is 2.25. The molecule has 1 atom stereocenters. The van der Waals surface area contributed by atoms with Gasteiger partial charge in [-0.15, -0.1) is 0 Å². The zero-order valence-corrected chi connectivity index (χ0v) is 18.4. The third-order valence-electron chi connectivity index (χ3n) is 5.72. The van der Waals surface area contributed by atoms with Crippen molar-refractivity contribution in [1.82, 2.24) is 10.2 Å². The summed E-state index contributed by atoms with van der Waals surface area (Å²) < 4.78 is 29.9. The van der Waals surface area contributed by atoms with E-state index in [-0.39, 0.29) is 24.1 Å². The van der Waals surface area contributed by atoms with Gasteiger partial charge in [0.25, 0.3) is 0 Å². The van der Waals surface area contributed by atoms with E-state index in [1.165, 1.54) is 25.7 Å². The Hall–Kier alpha value is -2.64. The summed E-state index contributed by atoms with van der Waals surface area (Å²) in [5.41, 5.74) is 1.35. The van der Waals surface area contributed by atoms with Crippen LogP contribution in [0.1, 0.15) is 41.2 Å². The maximum Gasteiger partial charge on any atom is 0.176 e. The van der Waals surface area contributed by atoms with E-state index in [9.17, 15) is 9.18 Å². The average Bonchev–Trinajstić information content (AvgIpc) is 2.81. The van der Waals surface area contributed by atoms with E-state index < -0.39 is 5.82 Å². The molecule has 1 aliphatic heterocycles. The first-order valence-electron chi connectivity index (χ1n) is 10.6. The van der Waals surface area contributed by atoms with Crippen molar-refractivity contribution in [2.75, 3.05) is 47.5 Å². The van der Waals surface area contributed by atoms with Crippen LogP contribution < -0.4 is 19.5 Å². The molecule has 1 unspecified atom stereocenters. The Morgan fingerprint density at radius 3 is 2.35 bits per heavy atom. The van der Waals surface area contributed by atoms with E-state index in [2.05, 4.69) is 10.2 Å². The van der Waals surface area contributed by atoms with Crippen LogP contribution in [0.5, 0.6) is 17.2 Å². The zero-order valence-electron chi connectivity index (χ0n) is 18.4. The van der Waals surface area contributed by atoms with Crippen LogP contribution in [0.4, 0.5) is 4.39 Å². The van der Waals surface area contributed by atoms with Crippen molar-refractivity contribution < 1.29 is 23.4 Å². The van der Waals surface area contributed by atoms with Crippen molar-refractivity contribution in [3.8, 4) is 17.2 Å². The van der Waals surface area contributed by atoms with Gasteiger partial charge in [0.05, 0.1) is 33.9 Å². The summed E-state index contributed by atoms with van der Waals surface area (Å²) in [6.45, 7) is 2.66. The highest BCUT2D eigenvalue weighted by Crippen LogP contribution is 2.34. The first kappa shape index (κ1) is 23.0. The monoisotopic (exact) mass is 430 g/mol. The number of rotatable bonds is 10. The molecule has 168 valence electrons. The summed E-state index contributed by atoms with van der Waals surface area (Å²) in [7, 11) is 4.70. The summed E-state index contributed by atoms with van der Waals surface area (Å²) in [5.74, 6) is 0.973. The van der Waals surface area contributed by atoms with Crippen molar-refractivity contribution in [3.05, 3.63) is 53.3 Å². The van der Waals surface area contributed by atoms with Crippen molar-refractivity contribution in [2.24, 2.45) is 0 Å². The minimum absolute atomic E-state index is 0.0331. The maximum atomic E-state index is 14.0. The Balaban J connectivity index is 1.74. The molecule has 0 aromatic heterocycles. The van der Waals surface area contributed by atoms with Gasteiger partial charge in [-0.1, -0.05) is 6.42 Å². The molecule has 7 heteroatoms. The summed E-state index contributed by atoms with van der Waals surface area (Å²) >= 11 is 0. The number of Topliss-reactive ketones (excluding diaryl/α,β-unsaturated/α-hetero) is 1. The smallest absolute Gasteiger partial charge is 0.176 e. The molecule has 1 saturated heterocycles. The quantitative estimate of drug-likeness (QED) is 0.578. The lowest BCUT2D eigenvalue weighted by atomic mass is 10.00. The first-order chi connectivity index (χ1) is 15.1. The normalized spacial score (nSPS) is 15.4. The molecule has 1 fully saturated rings. The summed E-state index contributed by atoms with van der Waals surface area (Å²) in [5, 5.41) is 3.28. The number of carbonyl (C=O) groups is 1. The molecule has 1 heterocycles. The summed E-state index contributed by atoms with van der Waals surface area (Å²) in [6.07, 6.45) is 3.52. The molecule has 31 heavy (non-hydrogen) atoms. The second kappa shape index (κ2) is 11.1. The van der Waals surface area contributed by atoms with Gasteiger partial charge in [-0.2, -0.15) is 0 Å². The Bertz CT molecular complexity index is 884. The lowest BCUT2D eigenvalue weighted by Gasteiger charge is -2.35. The van der Waals surface area contributed by atoms with E-state index in [0.717, 1.165) is 43.0 Å². The van der Waals surface area contributed by atoms with Crippen molar-refractivity contribution >= 4 is 5.78 Å². The zero-order chi connectivity index (χ0) is 22.2. The van der Waals surface area contributed by atoms with Gasteiger partial charge in [-0.3, -0.25) is 9.69 Å². The number of piperidine rings is 1. The van der Waals surface area contributed by atoms with Gasteiger partial charge in [0.15, 0.2) is 17.3 Å². The molecule has 0 radical (unpaired) electrons. The topological polar surface area (TPSA) is 60.0 Å². The van der Waals surface area contributed by atoms with Gasteiger partial charge in [0, 0.05) is 17.7 Å². The van der Waals surface area contributed by atoms with Gasteiger partial charge < -0.3 is 19.5 Å². The van der Waals surface area contributed by atoms with Crippen LogP contribution in [0.25, 0.3) is 0 Å². The summed E-state index contributed by atoms with van der Waals surface area (Å²) in [6, 6.07) is 10.1. The molecule has 2 aromatic carbocycles. The Morgan fingerprint density at radius 2 is 1.71 bits per heavy atom. The molecular formula is C24H31FN2O4. The molecule has 0 spiro atoms. The fraction of sp³-hybridized carbons (Fsp3) is 0.458. The van der Waals surface area contributed by atoms with Crippen LogP contribution >= 0.6 is 0 Å². The highest BCUT2D eigenvalue weighted by atomic mass is 19.1. The molecular weight excluding hydrogens is 399 g/mol. The highest BCUT2D eigenvalue weighted by molar-refractivity contribution is 5.97. The van der Waals surface area contributed by atoms with Gasteiger partial charge in [-0.25, -0.2) is 4.39 Å². The Kier molecular flexibility index (Phi) is 8.26. The predicted molar refractivity (Wildman–Crippen MR) is 118 cm³/mol. The average molecular weight is 431 g/mol. The lowest BCUT2D eigenvalue weighted by Crippen LogP contribution is -2.40. The summed E-state index contributed by atoms with van der Waals surface area (Å²) in [4.78, 5) is 15.0. The second-order valence-corrected chi connectivity index (χ2v) is 7.62. The number of benzene rings is 2. The number of ketones is 1. The van der Waals surface area contributed by atoms with Crippen molar-refractivity contribution in [2.45, 2.75) is 25.3 Å². The Labute approximate surface area is 183 Å². The number of ether oxygens (including phenoxy) is 3. The number of likely N-dealkylation sites (tertiary alicyclic amines) is 1. The predicted octanol–water partition coefficient (Wildman–Crippen LogP) is 3.85. The molecule has 0 bridgehead atoms. The number of hydrogen-bond donors (Lipinski definition) is 1. The largest absolute Gasteiger partial charge is 0.497 e. The minimum Gasteiger partial charge on any atom is -0.497 e. The molecule has 3 rings (SSSR count). The van der Waals surface area contributed by atoms with E-state index >= 15 is 0 Å². The van der Waals surface area contributed by atoms with Gasteiger partial charge in [-0.05, 0) is 62.3 Å². The number of methoxy groups -OCH3 is 3. The van der Waals surface area contributed by atoms with Crippen LogP contribution in [-0.2, 0) is 0 Å². The fourth-order valence-electron chi connectivity index (χ4n) is 4.03. The standard InChI is InChI=1S/C24H31FN2O4/c1-29-18-8-10-23(30-2)19(14-18)21(27-11-5-4-6-12-27)15-26-16-22(28)17-7-9-24(31-3)20(25)13-17/h7-10,13-14,21,26H,4-6,11-12,15-16H2,1-3H3. The van der Waals surface area contributed by atoms with Crippen LogP contribution in [0.15, 0.2) is 36.4 Å². The Morgan fingerprint density at radius 1 is 1.00 bits per heavy atom. The number of carbonyl (C=O) groups excluding carboxylic acids is 1. The molecule has 6 nitrogen and oxygen atoms in total. The van der Waals surface area contributed by atoms with Crippen LogP contribution in [0.3, 0.4) is 0 Å². The number of nitrogens with one attached hydrogen (secondary N) is 1. The van der Waals surface area contributed by atoms with Gasteiger partial charge in [0.1, 0.15) is 11.5 Å².